The zero-order valence-corrected chi connectivity index (χ0v) is 14.5. The first-order valence-corrected chi connectivity index (χ1v) is 8.17. The second-order valence-electron chi connectivity index (χ2n) is 5.76. The SMILES string of the molecule is CCNC(=NCc1ccc(C)cc1C)NCCN1C(=O)CNC1=O. The van der Waals surface area contributed by atoms with Gasteiger partial charge in [0.05, 0.1) is 13.1 Å². The molecule has 1 fully saturated rings. The Labute approximate surface area is 142 Å². The number of rotatable bonds is 6. The van der Waals surface area contributed by atoms with Gasteiger partial charge in [0.1, 0.15) is 0 Å². The van der Waals surface area contributed by atoms with Crippen LogP contribution in [-0.4, -0.2) is 49.0 Å². The average molecular weight is 331 g/mol. The molecule has 7 nitrogen and oxygen atoms in total. The van der Waals surface area contributed by atoms with Crippen molar-refractivity contribution < 1.29 is 9.59 Å². The zero-order valence-electron chi connectivity index (χ0n) is 14.5. The Morgan fingerprint density at radius 3 is 2.71 bits per heavy atom. The van der Waals surface area contributed by atoms with Gasteiger partial charge in [-0.2, -0.15) is 0 Å². The van der Waals surface area contributed by atoms with Crippen molar-refractivity contribution in [1.29, 1.82) is 0 Å². The maximum absolute atomic E-state index is 11.5. The molecule has 0 spiro atoms. The van der Waals surface area contributed by atoms with E-state index in [1.165, 1.54) is 21.6 Å². The van der Waals surface area contributed by atoms with Crippen LogP contribution in [0.2, 0.25) is 0 Å². The van der Waals surface area contributed by atoms with Crippen molar-refractivity contribution in [1.82, 2.24) is 20.9 Å². The molecule has 0 bridgehead atoms. The molecule has 0 aromatic heterocycles. The van der Waals surface area contributed by atoms with Gasteiger partial charge in [-0.05, 0) is 31.9 Å². The third-order valence-electron chi connectivity index (χ3n) is 3.81. The summed E-state index contributed by atoms with van der Waals surface area (Å²) in [6.45, 7) is 8.31. The summed E-state index contributed by atoms with van der Waals surface area (Å²) in [6.07, 6.45) is 0. The molecule has 1 aliphatic heterocycles. The number of carbonyl (C=O) groups is 2. The third-order valence-corrected chi connectivity index (χ3v) is 3.81. The summed E-state index contributed by atoms with van der Waals surface area (Å²) in [5, 5.41) is 8.83. The van der Waals surface area contributed by atoms with Gasteiger partial charge in [-0.15, -0.1) is 0 Å². The summed E-state index contributed by atoms with van der Waals surface area (Å²) < 4.78 is 0. The van der Waals surface area contributed by atoms with E-state index in [1.807, 2.05) is 6.92 Å². The van der Waals surface area contributed by atoms with Crippen LogP contribution in [0.25, 0.3) is 0 Å². The Hall–Kier alpha value is -2.57. The van der Waals surface area contributed by atoms with E-state index in [4.69, 9.17) is 0 Å². The van der Waals surface area contributed by atoms with Crippen molar-refractivity contribution in [3.8, 4) is 0 Å². The van der Waals surface area contributed by atoms with Gasteiger partial charge >= 0.3 is 6.03 Å². The van der Waals surface area contributed by atoms with Crippen molar-refractivity contribution in [3.05, 3.63) is 34.9 Å². The van der Waals surface area contributed by atoms with E-state index >= 15 is 0 Å². The monoisotopic (exact) mass is 331 g/mol. The number of guanidine groups is 1. The lowest BCUT2D eigenvalue weighted by molar-refractivity contribution is -0.124. The number of aliphatic imine (C=N–C) groups is 1. The number of aryl methyl sites for hydroxylation is 2. The molecule has 3 amide bonds. The molecule has 1 saturated heterocycles. The zero-order chi connectivity index (χ0) is 17.5. The molecular weight excluding hydrogens is 306 g/mol. The third kappa shape index (κ3) is 4.71. The molecule has 1 aliphatic rings. The molecule has 7 heteroatoms. The first-order chi connectivity index (χ1) is 11.5. The van der Waals surface area contributed by atoms with Crippen molar-refractivity contribution >= 4 is 17.9 Å². The Kier molecular flexibility index (Phi) is 6.17. The van der Waals surface area contributed by atoms with Crippen LogP contribution in [0.5, 0.6) is 0 Å². The van der Waals surface area contributed by atoms with Crippen molar-refractivity contribution in [2.45, 2.75) is 27.3 Å². The molecule has 0 aliphatic carbocycles. The van der Waals surface area contributed by atoms with Crippen LogP contribution in [0, 0.1) is 13.8 Å². The van der Waals surface area contributed by atoms with Gasteiger partial charge in [-0.3, -0.25) is 9.69 Å². The van der Waals surface area contributed by atoms with Crippen molar-refractivity contribution in [2.24, 2.45) is 4.99 Å². The lowest BCUT2D eigenvalue weighted by Gasteiger charge is -2.15. The van der Waals surface area contributed by atoms with Gasteiger partial charge < -0.3 is 16.0 Å². The maximum atomic E-state index is 11.5. The fourth-order valence-corrected chi connectivity index (χ4v) is 2.50. The number of nitrogens with zero attached hydrogens (tertiary/aromatic N) is 2. The minimum atomic E-state index is -0.334. The Balaban J connectivity index is 1.90. The normalized spacial score (nSPS) is 14.8. The van der Waals surface area contributed by atoms with Crippen LogP contribution in [0.1, 0.15) is 23.6 Å². The highest BCUT2D eigenvalue weighted by Crippen LogP contribution is 2.11. The standard InChI is InChI=1S/C17H25N5O2/c1-4-18-16(19-7-8-22-15(23)11-21-17(22)24)20-10-14-6-5-12(2)9-13(14)3/h5-6,9H,4,7-8,10-11H2,1-3H3,(H,21,24)(H2,18,19,20). The molecule has 1 heterocycles. The van der Waals surface area contributed by atoms with Gasteiger partial charge in [0, 0.05) is 19.6 Å². The van der Waals surface area contributed by atoms with Crippen LogP contribution < -0.4 is 16.0 Å². The van der Waals surface area contributed by atoms with Crippen LogP contribution in [0.15, 0.2) is 23.2 Å². The smallest absolute Gasteiger partial charge is 0.324 e. The summed E-state index contributed by atoms with van der Waals surface area (Å²) in [7, 11) is 0. The maximum Gasteiger partial charge on any atom is 0.324 e. The second-order valence-corrected chi connectivity index (χ2v) is 5.76. The first kappa shape index (κ1) is 17.8. The Morgan fingerprint density at radius 1 is 1.29 bits per heavy atom. The highest BCUT2D eigenvalue weighted by Gasteiger charge is 2.27. The fraction of sp³-hybridized carbons (Fsp3) is 0.471. The molecule has 0 unspecified atom stereocenters. The van der Waals surface area contributed by atoms with Crippen LogP contribution in [0.3, 0.4) is 0 Å². The van der Waals surface area contributed by atoms with Gasteiger partial charge in [0.2, 0.25) is 5.91 Å². The molecule has 1 aromatic carbocycles. The van der Waals surface area contributed by atoms with E-state index in [1.54, 1.807) is 0 Å². The van der Waals surface area contributed by atoms with Crippen LogP contribution >= 0.6 is 0 Å². The lowest BCUT2D eigenvalue weighted by Crippen LogP contribution is -2.43. The second kappa shape index (κ2) is 8.33. The molecular formula is C17H25N5O2. The molecule has 2 rings (SSSR count). The summed E-state index contributed by atoms with van der Waals surface area (Å²) in [4.78, 5) is 28.8. The molecule has 24 heavy (non-hydrogen) atoms. The minimum Gasteiger partial charge on any atom is -0.357 e. The van der Waals surface area contributed by atoms with Crippen LogP contribution in [-0.2, 0) is 11.3 Å². The Bertz CT molecular complexity index is 626. The number of hydrogen-bond donors (Lipinski definition) is 3. The Morgan fingerprint density at radius 2 is 2.08 bits per heavy atom. The van der Waals surface area contributed by atoms with Gasteiger partial charge in [0.15, 0.2) is 5.96 Å². The summed E-state index contributed by atoms with van der Waals surface area (Å²) in [6, 6.07) is 5.97. The van der Waals surface area contributed by atoms with E-state index < -0.39 is 0 Å². The molecule has 0 saturated carbocycles. The number of imide groups is 1. The highest BCUT2D eigenvalue weighted by molar-refractivity contribution is 6.01. The van der Waals surface area contributed by atoms with Crippen LogP contribution in [0.4, 0.5) is 4.79 Å². The highest BCUT2D eigenvalue weighted by atomic mass is 16.2. The fourth-order valence-electron chi connectivity index (χ4n) is 2.50. The topological polar surface area (TPSA) is 85.8 Å². The van der Waals surface area contributed by atoms with E-state index in [9.17, 15) is 9.59 Å². The minimum absolute atomic E-state index is 0.0830. The number of hydrogen-bond acceptors (Lipinski definition) is 3. The summed E-state index contributed by atoms with van der Waals surface area (Å²) >= 11 is 0. The molecule has 130 valence electrons. The average Bonchev–Trinajstić information content (AvgIpc) is 2.85. The van der Waals surface area contributed by atoms with E-state index in [0.717, 1.165) is 6.54 Å². The quantitative estimate of drug-likeness (QED) is 0.411. The van der Waals surface area contributed by atoms with Gasteiger partial charge in [-0.25, -0.2) is 9.79 Å². The van der Waals surface area contributed by atoms with E-state index in [-0.39, 0.29) is 18.5 Å². The largest absolute Gasteiger partial charge is 0.357 e. The number of nitrogens with one attached hydrogen (secondary N) is 3. The number of benzene rings is 1. The first-order valence-electron chi connectivity index (χ1n) is 8.17. The van der Waals surface area contributed by atoms with Gasteiger partial charge in [0.25, 0.3) is 0 Å². The van der Waals surface area contributed by atoms with Crippen molar-refractivity contribution in [2.75, 3.05) is 26.2 Å². The van der Waals surface area contributed by atoms with Crippen molar-refractivity contribution in [3.63, 3.8) is 0 Å². The lowest BCUT2D eigenvalue weighted by atomic mass is 10.1. The van der Waals surface area contributed by atoms with Gasteiger partial charge in [-0.1, -0.05) is 23.8 Å². The predicted octanol–water partition coefficient (Wildman–Crippen LogP) is 0.910. The molecule has 1 aromatic rings. The number of urea groups is 1. The number of carbonyl (C=O) groups excluding carboxylic acids is 2. The molecule has 0 radical (unpaired) electrons. The summed E-state index contributed by atoms with van der Waals surface area (Å²) in [5.74, 6) is 0.476. The van der Waals surface area contributed by atoms with E-state index in [2.05, 4.69) is 53.0 Å². The molecule has 0 atom stereocenters. The molecule has 3 N–H and O–H groups in total. The summed E-state index contributed by atoms with van der Waals surface area (Å²) in [5.41, 5.74) is 3.62. The number of amides is 3. The predicted molar refractivity (Wildman–Crippen MR) is 93.8 cm³/mol. The van der Waals surface area contributed by atoms with E-state index in [0.29, 0.717) is 25.6 Å².